The van der Waals surface area contributed by atoms with Gasteiger partial charge in [0.25, 0.3) is 0 Å². The van der Waals surface area contributed by atoms with E-state index in [9.17, 15) is 9.90 Å². The van der Waals surface area contributed by atoms with Crippen LogP contribution in [0.2, 0.25) is 0 Å². The van der Waals surface area contributed by atoms with Crippen LogP contribution in [0, 0.1) is 5.92 Å². The molecule has 1 unspecified atom stereocenters. The summed E-state index contributed by atoms with van der Waals surface area (Å²) in [5.74, 6) is -0.0645. The SMILES string of the molecule is CC(=O)[C@H]1C[NH+](C)CC[C@@]1(C)O. The van der Waals surface area contributed by atoms with Crippen LogP contribution in [-0.2, 0) is 4.79 Å². The minimum absolute atomic E-state index is 0.110. The predicted octanol–water partition coefficient (Wildman–Crippen LogP) is -1.14. The van der Waals surface area contributed by atoms with Crippen LogP contribution in [0.4, 0.5) is 0 Å². The molecule has 3 nitrogen and oxygen atoms in total. The molecule has 0 aromatic rings. The van der Waals surface area contributed by atoms with Crippen LogP contribution in [0.5, 0.6) is 0 Å². The predicted molar refractivity (Wildman–Crippen MR) is 46.0 cm³/mol. The van der Waals surface area contributed by atoms with Gasteiger partial charge in [-0.15, -0.1) is 0 Å². The van der Waals surface area contributed by atoms with Crippen LogP contribution in [0.15, 0.2) is 0 Å². The van der Waals surface area contributed by atoms with E-state index < -0.39 is 5.60 Å². The standard InChI is InChI=1S/C9H17NO2/c1-7(11)8-6-10(3)5-4-9(8,2)12/h8,12H,4-6H2,1-3H3/p+1/t8-,9-/m1/s1. The molecule has 1 saturated heterocycles. The number of quaternary nitrogens is 1. The number of hydrogen-bond acceptors (Lipinski definition) is 2. The van der Waals surface area contributed by atoms with E-state index in [1.807, 2.05) is 0 Å². The maximum atomic E-state index is 11.2. The molecule has 0 radical (unpaired) electrons. The van der Waals surface area contributed by atoms with Crippen molar-refractivity contribution < 1.29 is 14.8 Å². The molecular formula is C9H18NO2+. The summed E-state index contributed by atoms with van der Waals surface area (Å²) in [6.07, 6.45) is 0.725. The fourth-order valence-corrected chi connectivity index (χ4v) is 1.89. The molecule has 0 aliphatic carbocycles. The number of aliphatic hydroxyl groups is 1. The third kappa shape index (κ3) is 1.84. The summed E-state index contributed by atoms with van der Waals surface area (Å²) in [5.41, 5.74) is -0.772. The third-order valence-corrected chi connectivity index (χ3v) is 2.85. The third-order valence-electron chi connectivity index (χ3n) is 2.85. The second-order valence-electron chi connectivity index (χ2n) is 4.18. The molecule has 3 heteroatoms. The van der Waals surface area contributed by atoms with Gasteiger partial charge in [0.2, 0.25) is 0 Å². The van der Waals surface area contributed by atoms with Crippen molar-refractivity contribution in [3.05, 3.63) is 0 Å². The minimum atomic E-state index is -0.772. The van der Waals surface area contributed by atoms with Gasteiger partial charge in [0.15, 0.2) is 0 Å². The Balaban J connectivity index is 2.72. The summed E-state index contributed by atoms with van der Waals surface area (Å²) < 4.78 is 0. The maximum absolute atomic E-state index is 11.2. The van der Waals surface area contributed by atoms with Crippen LogP contribution < -0.4 is 4.90 Å². The fraction of sp³-hybridized carbons (Fsp3) is 0.889. The summed E-state index contributed by atoms with van der Waals surface area (Å²) in [4.78, 5) is 12.5. The molecule has 1 heterocycles. The zero-order valence-corrected chi connectivity index (χ0v) is 8.05. The van der Waals surface area contributed by atoms with Crippen molar-refractivity contribution in [3.8, 4) is 0 Å². The van der Waals surface area contributed by atoms with Gasteiger partial charge >= 0.3 is 0 Å². The first kappa shape index (κ1) is 9.68. The first-order chi connectivity index (χ1) is 5.43. The van der Waals surface area contributed by atoms with Crippen molar-refractivity contribution in [2.75, 3.05) is 20.1 Å². The Bertz CT molecular complexity index is 189. The smallest absolute Gasteiger partial charge is 0.141 e. The van der Waals surface area contributed by atoms with Gasteiger partial charge in [-0.05, 0) is 13.8 Å². The lowest BCUT2D eigenvalue weighted by Gasteiger charge is -2.37. The van der Waals surface area contributed by atoms with E-state index in [2.05, 4.69) is 7.05 Å². The highest BCUT2D eigenvalue weighted by molar-refractivity contribution is 5.79. The number of carbonyl (C=O) groups is 1. The van der Waals surface area contributed by atoms with Gasteiger partial charge in [-0.25, -0.2) is 0 Å². The van der Waals surface area contributed by atoms with Gasteiger partial charge in [0, 0.05) is 6.42 Å². The molecular weight excluding hydrogens is 154 g/mol. The zero-order chi connectivity index (χ0) is 9.35. The van der Waals surface area contributed by atoms with E-state index >= 15 is 0 Å². The molecule has 0 amide bonds. The highest BCUT2D eigenvalue weighted by atomic mass is 16.3. The van der Waals surface area contributed by atoms with Crippen LogP contribution in [0.1, 0.15) is 20.3 Å². The number of rotatable bonds is 1. The summed E-state index contributed by atoms with van der Waals surface area (Å²) in [6, 6.07) is 0. The molecule has 0 spiro atoms. The number of Topliss-reactive ketones (excluding diaryl/α,β-unsaturated/α-hetero) is 1. The number of hydrogen-bond donors (Lipinski definition) is 2. The number of carbonyl (C=O) groups excluding carboxylic acids is 1. The van der Waals surface area contributed by atoms with Gasteiger partial charge in [-0.3, -0.25) is 4.79 Å². The molecule has 2 N–H and O–H groups in total. The van der Waals surface area contributed by atoms with Gasteiger partial charge in [-0.2, -0.15) is 0 Å². The summed E-state index contributed by atoms with van der Waals surface area (Å²) in [7, 11) is 2.06. The molecule has 1 fully saturated rings. The van der Waals surface area contributed by atoms with Crippen molar-refractivity contribution >= 4 is 5.78 Å². The van der Waals surface area contributed by atoms with Crippen LogP contribution in [0.25, 0.3) is 0 Å². The highest BCUT2D eigenvalue weighted by Crippen LogP contribution is 2.22. The van der Waals surface area contributed by atoms with E-state index in [-0.39, 0.29) is 11.7 Å². The Labute approximate surface area is 73.4 Å². The molecule has 0 aromatic carbocycles. The Morgan fingerprint density at radius 1 is 1.67 bits per heavy atom. The lowest BCUT2D eigenvalue weighted by atomic mass is 9.80. The maximum Gasteiger partial charge on any atom is 0.141 e. The second-order valence-corrected chi connectivity index (χ2v) is 4.18. The van der Waals surface area contributed by atoms with E-state index in [4.69, 9.17) is 0 Å². The fourth-order valence-electron chi connectivity index (χ4n) is 1.89. The largest absolute Gasteiger partial charge is 0.389 e. The molecule has 0 saturated carbocycles. The van der Waals surface area contributed by atoms with E-state index in [0.717, 1.165) is 19.5 Å². The topological polar surface area (TPSA) is 41.7 Å². The van der Waals surface area contributed by atoms with Crippen molar-refractivity contribution in [2.24, 2.45) is 5.92 Å². The Morgan fingerprint density at radius 3 is 2.67 bits per heavy atom. The summed E-state index contributed by atoms with van der Waals surface area (Å²) in [5, 5.41) is 9.89. The van der Waals surface area contributed by atoms with E-state index in [1.54, 1.807) is 13.8 Å². The average Bonchev–Trinajstić information content (AvgIpc) is 1.94. The van der Waals surface area contributed by atoms with Gasteiger partial charge in [0.05, 0.1) is 31.7 Å². The monoisotopic (exact) mass is 172 g/mol. The number of piperidine rings is 1. The first-order valence-corrected chi connectivity index (χ1v) is 4.47. The number of ketones is 1. The van der Waals surface area contributed by atoms with Crippen LogP contribution in [-0.4, -0.2) is 36.6 Å². The van der Waals surface area contributed by atoms with Crippen molar-refractivity contribution in [1.82, 2.24) is 0 Å². The quantitative estimate of drug-likeness (QED) is 0.525. The first-order valence-electron chi connectivity index (χ1n) is 4.47. The number of likely N-dealkylation sites (tertiary alicyclic amines) is 1. The molecule has 70 valence electrons. The zero-order valence-electron chi connectivity index (χ0n) is 8.05. The van der Waals surface area contributed by atoms with Crippen LogP contribution in [0.3, 0.4) is 0 Å². The normalized spacial score (nSPS) is 42.7. The van der Waals surface area contributed by atoms with E-state index in [0.29, 0.717) is 0 Å². The van der Waals surface area contributed by atoms with Gasteiger partial charge < -0.3 is 10.0 Å². The van der Waals surface area contributed by atoms with Crippen molar-refractivity contribution in [1.29, 1.82) is 0 Å². The van der Waals surface area contributed by atoms with Gasteiger partial charge in [0.1, 0.15) is 5.78 Å². The Kier molecular flexibility index (Phi) is 2.54. The average molecular weight is 172 g/mol. The molecule has 12 heavy (non-hydrogen) atoms. The molecule has 0 bridgehead atoms. The van der Waals surface area contributed by atoms with Crippen molar-refractivity contribution in [2.45, 2.75) is 25.9 Å². The molecule has 1 aliphatic rings. The number of nitrogens with one attached hydrogen (secondary N) is 1. The lowest BCUT2D eigenvalue weighted by molar-refractivity contribution is -0.890. The van der Waals surface area contributed by atoms with Gasteiger partial charge in [-0.1, -0.05) is 0 Å². The Hall–Kier alpha value is -0.410. The molecule has 3 atom stereocenters. The minimum Gasteiger partial charge on any atom is -0.389 e. The summed E-state index contributed by atoms with van der Waals surface area (Å²) >= 11 is 0. The second kappa shape index (κ2) is 3.15. The highest BCUT2D eigenvalue weighted by Gasteiger charge is 2.41. The molecule has 0 aromatic heterocycles. The van der Waals surface area contributed by atoms with E-state index in [1.165, 1.54) is 4.90 Å². The summed E-state index contributed by atoms with van der Waals surface area (Å²) in [6.45, 7) is 5.06. The molecule has 1 rings (SSSR count). The van der Waals surface area contributed by atoms with Crippen molar-refractivity contribution in [3.63, 3.8) is 0 Å². The molecule has 1 aliphatic heterocycles. The van der Waals surface area contributed by atoms with Crippen LogP contribution >= 0.6 is 0 Å². The Morgan fingerprint density at radius 2 is 2.25 bits per heavy atom. The lowest BCUT2D eigenvalue weighted by Crippen LogP contribution is -3.12.